The Balaban J connectivity index is 1.04. The highest BCUT2D eigenvalue weighted by atomic mass is 19.1. The predicted octanol–water partition coefficient (Wildman–Crippen LogP) is 10.8. The molecule has 53 heavy (non-hydrogen) atoms. The fourth-order valence-corrected chi connectivity index (χ4v) is 9.39. The van der Waals surface area contributed by atoms with E-state index in [9.17, 15) is 5.26 Å². The molecule has 2 aliphatic carbocycles. The lowest BCUT2D eigenvalue weighted by molar-refractivity contribution is 0.437. The van der Waals surface area contributed by atoms with Crippen molar-refractivity contribution < 1.29 is 4.39 Å². The average molecular weight is 698 g/mol. The second-order valence-electron chi connectivity index (χ2n) is 15.1. The Kier molecular flexibility index (Phi) is 7.82. The maximum Gasteiger partial charge on any atom is 0.133 e. The molecule has 0 saturated heterocycles. The minimum Gasteiger partial charge on any atom is -0.385 e. The average Bonchev–Trinajstić information content (AvgIpc) is 3.73. The summed E-state index contributed by atoms with van der Waals surface area (Å²) in [5.74, 6) is 0.608. The van der Waals surface area contributed by atoms with Gasteiger partial charge in [-0.15, -0.1) is 0 Å². The van der Waals surface area contributed by atoms with Crippen LogP contribution in [0, 0.1) is 17.1 Å². The van der Waals surface area contributed by atoms with Crippen molar-refractivity contribution in [3.63, 3.8) is 0 Å². The van der Waals surface area contributed by atoms with Crippen LogP contribution in [0.15, 0.2) is 85.6 Å². The molecule has 0 spiro atoms. The molecule has 0 amide bonds. The molecule has 1 aliphatic heterocycles. The molecule has 2 fully saturated rings. The lowest BCUT2D eigenvalue weighted by atomic mass is 9.86. The van der Waals surface area contributed by atoms with Gasteiger partial charge in [-0.3, -0.25) is 15.0 Å². The fraction of sp³-hybridized carbons (Fsp3) is 0.289. The van der Waals surface area contributed by atoms with Crippen molar-refractivity contribution in [2.75, 3.05) is 0 Å². The lowest BCUT2D eigenvalue weighted by Gasteiger charge is -2.21. The Labute approximate surface area is 307 Å². The second-order valence-corrected chi connectivity index (χ2v) is 15.1. The van der Waals surface area contributed by atoms with E-state index in [1.807, 2.05) is 55.3 Å². The van der Waals surface area contributed by atoms with Gasteiger partial charge in [0.1, 0.15) is 5.82 Å². The highest BCUT2D eigenvalue weighted by molar-refractivity contribution is 6.09. The largest absolute Gasteiger partial charge is 0.385 e. The molecule has 0 unspecified atom stereocenters. The third kappa shape index (κ3) is 5.32. The molecule has 262 valence electrons. The third-order valence-electron chi connectivity index (χ3n) is 12.1. The zero-order valence-electron chi connectivity index (χ0n) is 29.7. The van der Waals surface area contributed by atoms with Crippen molar-refractivity contribution >= 4 is 38.8 Å². The smallest absolute Gasteiger partial charge is 0.133 e. The number of nitriles is 1. The topological polar surface area (TPSA) is 84.3 Å². The van der Waals surface area contributed by atoms with Crippen LogP contribution in [0.2, 0.25) is 0 Å². The SMILES string of the molecule is N#Cc1cc(-n2c3cnccc3c3cc(C4CCCCC4)ncc32)ccc1-c1ccc(-n2c3c(c4cc(C5CCCCC5)ncc42)C=CNC3)cc1F. The van der Waals surface area contributed by atoms with Crippen LogP contribution in [-0.2, 0) is 6.54 Å². The van der Waals surface area contributed by atoms with E-state index in [-0.39, 0.29) is 5.82 Å². The van der Waals surface area contributed by atoms with Gasteiger partial charge in [-0.25, -0.2) is 4.39 Å². The number of fused-ring (bicyclic) bond motifs is 6. The highest BCUT2D eigenvalue weighted by Gasteiger charge is 2.24. The van der Waals surface area contributed by atoms with Gasteiger partial charge in [0.15, 0.2) is 0 Å². The predicted molar refractivity (Wildman–Crippen MR) is 209 cm³/mol. The molecular weight excluding hydrogens is 658 g/mol. The minimum absolute atomic E-state index is 0.381. The first-order chi connectivity index (χ1) is 26.2. The molecule has 7 nitrogen and oxygen atoms in total. The van der Waals surface area contributed by atoms with E-state index < -0.39 is 0 Å². The number of nitrogens with one attached hydrogen (secondary N) is 1. The van der Waals surface area contributed by atoms with E-state index in [1.165, 1.54) is 64.2 Å². The Morgan fingerprint density at radius 2 is 1.32 bits per heavy atom. The summed E-state index contributed by atoms with van der Waals surface area (Å²) in [5, 5.41) is 17.2. The van der Waals surface area contributed by atoms with Crippen LogP contribution >= 0.6 is 0 Å². The van der Waals surface area contributed by atoms with E-state index in [1.54, 1.807) is 12.1 Å². The fourth-order valence-electron chi connectivity index (χ4n) is 9.39. The van der Waals surface area contributed by atoms with Crippen LogP contribution in [-0.4, -0.2) is 24.1 Å². The van der Waals surface area contributed by atoms with Gasteiger partial charge in [0.25, 0.3) is 0 Å². The lowest BCUT2D eigenvalue weighted by Crippen LogP contribution is -2.13. The number of pyridine rings is 3. The van der Waals surface area contributed by atoms with Gasteiger partial charge in [-0.1, -0.05) is 44.6 Å². The van der Waals surface area contributed by atoms with Crippen LogP contribution in [0.5, 0.6) is 0 Å². The number of halogens is 1. The summed E-state index contributed by atoms with van der Waals surface area (Å²) in [6.07, 6.45) is 24.1. The third-order valence-corrected chi connectivity index (χ3v) is 12.1. The van der Waals surface area contributed by atoms with Crippen molar-refractivity contribution in [2.24, 2.45) is 0 Å². The maximum absolute atomic E-state index is 16.4. The summed E-state index contributed by atoms with van der Waals surface area (Å²) in [6.45, 7) is 0.637. The quantitative estimate of drug-likeness (QED) is 0.194. The summed E-state index contributed by atoms with van der Waals surface area (Å²) < 4.78 is 20.6. The summed E-state index contributed by atoms with van der Waals surface area (Å²) in [7, 11) is 0. The minimum atomic E-state index is -0.381. The molecule has 10 rings (SSSR count). The number of benzene rings is 2. The summed E-state index contributed by atoms with van der Waals surface area (Å²) in [6, 6.07) is 20.0. The second kappa shape index (κ2) is 13.0. The Morgan fingerprint density at radius 1 is 0.679 bits per heavy atom. The maximum atomic E-state index is 16.4. The number of nitrogens with zero attached hydrogens (tertiary/aromatic N) is 6. The molecule has 8 heteroatoms. The number of hydrogen-bond donors (Lipinski definition) is 1. The van der Waals surface area contributed by atoms with Gasteiger partial charge in [-0.05, 0) is 86.5 Å². The van der Waals surface area contributed by atoms with Gasteiger partial charge < -0.3 is 14.5 Å². The summed E-state index contributed by atoms with van der Waals surface area (Å²) in [4.78, 5) is 14.4. The Bertz CT molecular complexity index is 2630. The molecule has 6 heterocycles. The Morgan fingerprint density at radius 3 is 2.02 bits per heavy atom. The van der Waals surface area contributed by atoms with Crippen LogP contribution < -0.4 is 5.32 Å². The van der Waals surface area contributed by atoms with Crippen LogP contribution in [0.25, 0.3) is 61.3 Å². The van der Waals surface area contributed by atoms with Crippen molar-refractivity contribution in [3.05, 3.63) is 120 Å². The van der Waals surface area contributed by atoms with Gasteiger partial charge in [0.2, 0.25) is 0 Å². The molecule has 5 aromatic heterocycles. The van der Waals surface area contributed by atoms with Crippen molar-refractivity contribution in [1.29, 1.82) is 5.26 Å². The molecular formula is C45H40FN7. The molecule has 0 radical (unpaired) electrons. The van der Waals surface area contributed by atoms with Crippen molar-refractivity contribution in [3.8, 4) is 28.6 Å². The number of rotatable bonds is 5. The van der Waals surface area contributed by atoms with E-state index in [0.29, 0.717) is 35.1 Å². The number of hydrogen-bond acceptors (Lipinski definition) is 5. The number of aromatic nitrogens is 5. The van der Waals surface area contributed by atoms with E-state index in [0.717, 1.165) is 66.7 Å². The van der Waals surface area contributed by atoms with Crippen LogP contribution in [0.1, 0.15) is 104 Å². The zero-order valence-corrected chi connectivity index (χ0v) is 29.7. The molecule has 3 aliphatic rings. The molecule has 2 saturated carbocycles. The van der Waals surface area contributed by atoms with Gasteiger partial charge in [0.05, 0.1) is 59.0 Å². The molecule has 0 atom stereocenters. The molecule has 2 aromatic carbocycles. The van der Waals surface area contributed by atoms with E-state index in [4.69, 9.17) is 9.97 Å². The van der Waals surface area contributed by atoms with Gasteiger partial charge in [-0.2, -0.15) is 5.26 Å². The van der Waals surface area contributed by atoms with Gasteiger partial charge >= 0.3 is 0 Å². The first-order valence-corrected chi connectivity index (χ1v) is 19.2. The van der Waals surface area contributed by atoms with E-state index in [2.05, 4.69) is 49.8 Å². The van der Waals surface area contributed by atoms with Crippen molar-refractivity contribution in [1.82, 2.24) is 29.4 Å². The highest BCUT2D eigenvalue weighted by Crippen LogP contribution is 2.40. The standard InChI is InChI=1S/C45H40FN7/c46-39-20-32(53-43-25-49-18-16-36(43)38-22-41(51-27-45(38)53)29-9-5-2-6-10-29)12-14-34(39)33-13-11-31(19-30(33)23-47)52-42-24-48-17-15-35(42)37-21-40(50-26-44(37)52)28-7-3-1-4-8-28/h11-22,24,26-29,49H,1-10,25H2. The first kappa shape index (κ1) is 31.9. The van der Waals surface area contributed by atoms with Crippen LogP contribution in [0.3, 0.4) is 0 Å². The van der Waals surface area contributed by atoms with E-state index >= 15 is 4.39 Å². The summed E-state index contributed by atoms with van der Waals surface area (Å²) >= 11 is 0. The molecule has 7 aromatic rings. The molecule has 1 N–H and O–H groups in total. The van der Waals surface area contributed by atoms with Gasteiger partial charge in [0, 0.05) is 73.6 Å². The zero-order chi connectivity index (χ0) is 35.5. The van der Waals surface area contributed by atoms with Crippen LogP contribution in [0.4, 0.5) is 4.39 Å². The van der Waals surface area contributed by atoms with Crippen molar-refractivity contribution in [2.45, 2.75) is 82.6 Å². The first-order valence-electron chi connectivity index (χ1n) is 19.2. The monoisotopic (exact) mass is 697 g/mol. The molecule has 0 bridgehead atoms. The normalized spacial score (nSPS) is 16.6. The Hall–Kier alpha value is -5.81. The summed E-state index contributed by atoms with van der Waals surface area (Å²) in [5.41, 5.74) is 10.3.